The molecule has 212 valence electrons. The minimum atomic E-state index is -5.57. The van der Waals surface area contributed by atoms with E-state index < -0.39 is 42.3 Å². The van der Waals surface area contributed by atoms with Crippen LogP contribution < -0.4 is 15.4 Å². The van der Waals surface area contributed by atoms with Crippen molar-refractivity contribution in [3.8, 4) is 17.0 Å². The van der Waals surface area contributed by atoms with Gasteiger partial charge in [0, 0.05) is 11.1 Å². The first-order valence-electron chi connectivity index (χ1n) is 12.6. The van der Waals surface area contributed by atoms with Gasteiger partial charge in [-0.05, 0) is 81.6 Å². The fourth-order valence-corrected chi connectivity index (χ4v) is 4.56. The molecular formula is C26H28F6N4O3. The Balaban J connectivity index is 1.26. The van der Waals surface area contributed by atoms with E-state index in [4.69, 9.17) is 4.74 Å². The van der Waals surface area contributed by atoms with Gasteiger partial charge in [0.15, 0.2) is 0 Å². The number of likely N-dealkylation sites (tertiary alicyclic amines) is 1. The van der Waals surface area contributed by atoms with E-state index >= 15 is 0 Å². The lowest BCUT2D eigenvalue weighted by atomic mass is 9.97. The first-order valence-corrected chi connectivity index (χ1v) is 12.6. The molecule has 2 aliphatic rings. The molecule has 2 aliphatic heterocycles. The molecule has 7 nitrogen and oxygen atoms in total. The highest BCUT2D eigenvalue weighted by molar-refractivity contribution is 6.06. The lowest BCUT2D eigenvalue weighted by molar-refractivity contribution is -0.287. The fourth-order valence-electron chi connectivity index (χ4n) is 4.56. The Kier molecular flexibility index (Phi) is 8.80. The largest absolute Gasteiger partial charge is 0.492 e. The predicted octanol–water partition coefficient (Wildman–Crippen LogP) is 4.18. The number of carbonyl (C=O) groups is 2. The standard InChI is InChI=1S/C26H28F6N4O3/c27-20-12-17(23(37)35-24(38)22-2-1-9-33-22)3-5-19(20)21-6-4-18(13-34-21)39-14-16-7-10-36(11-8-16)15-25(28,29)26(30,31)32/h3-6,12-13,16,22,33H,1-2,7-11,14-15H2,(H,35,37,38)/t22-/m0/s1. The van der Waals surface area contributed by atoms with Gasteiger partial charge in [-0.25, -0.2) is 4.39 Å². The smallest absolute Gasteiger partial charge is 0.454 e. The van der Waals surface area contributed by atoms with Crippen LogP contribution in [0.15, 0.2) is 36.5 Å². The number of hydrogen-bond donors (Lipinski definition) is 2. The van der Waals surface area contributed by atoms with E-state index in [2.05, 4.69) is 15.6 Å². The molecule has 0 radical (unpaired) electrons. The van der Waals surface area contributed by atoms with Crippen molar-refractivity contribution in [2.75, 3.05) is 32.8 Å². The zero-order valence-corrected chi connectivity index (χ0v) is 20.9. The predicted molar refractivity (Wildman–Crippen MR) is 129 cm³/mol. The van der Waals surface area contributed by atoms with E-state index in [1.54, 1.807) is 6.07 Å². The monoisotopic (exact) mass is 558 g/mol. The number of halogens is 6. The molecule has 4 rings (SSSR count). The van der Waals surface area contributed by atoms with Crippen LogP contribution >= 0.6 is 0 Å². The van der Waals surface area contributed by atoms with Gasteiger partial charge >= 0.3 is 12.1 Å². The number of nitrogens with zero attached hydrogens (tertiary/aromatic N) is 2. The van der Waals surface area contributed by atoms with Gasteiger partial charge in [0.1, 0.15) is 11.6 Å². The van der Waals surface area contributed by atoms with Gasteiger partial charge in [0.25, 0.3) is 5.91 Å². The number of hydrogen-bond acceptors (Lipinski definition) is 6. The highest BCUT2D eigenvalue weighted by atomic mass is 19.4. The first kappa shape index (κ1) is 28.8. The van der Waals surface area contributed by atoms with Gasteiger partial charge in [-0.3, -0.25) is 24.8 Å². The Hall–Kier alpha value is -3.19. The third kappa shape index (κ3) is 7.27. The van der Waals surface area contributed by atoms with Crippen molar-refractivity contribution in [1.82, 2.24) is 20.5 Å². The highest BCUT2D eigenvalue weighted by Gasteiger charge is 2.58. The molecular weight excluding hydrogens is 530 g/mol. The molecule has 2 aromatic rings. The quantitative estimate of drug-likeness (QED) is 0.374. The van der Waals surface area contributed by atoms with Gasteiger partial charge in [-0.15, -0.1) is 0 Å². The van der Waals surface area contributed by atoms with Crippen molar-refractivity contribution >= 4 is 11.8 Å². The molecule has 0 spiro atoms. The second-order valence-corrected chi connectivity index (χ2v) is 9.77. The Morgan fingerprint density at radius 3 is 2.41 bits per heavy atom. The third-order valence-corrected chi connectivity index (χ3v) is 6.89. The summed E-state index contributed by atoms with van der Waals surface area (Å²) in [5.41, 5.74) is 0.428. The summed E-state index contributed by atoms with van der Waals surface area (Å²) in [4.78, 5) is 29.8. The second kappa shape index (κ2) is 11.9. The molecule has 0 unspecified atom stereocenters. The topological polar surface area (TPSA) is 83.6 Å². The van der Waals surface area contributed by atoms with Crippen LogP contribution in [0.25, 0.3) is 11.3 Å². The van der Waals surface area contributed by atoms with Gasteiger partial charge in [-0.1, -0.05) is 0 Å². The normalized spacial score (nSPS) is 19.2. The third-order valence-electron chi connectivity index (χ3n) is 6.89. The van der Waals surface area contributed by atoms with Gasteiger partial charge in [0.2, 0.25) is 5.91 Å². The number of ether oxygens (including phenoxy) is 1. The second-order valence-electron chi connectivity index (χ2n) is 9.77. The molecule has 0 aliphatic carbocycles. The number of alkyl halides is 5. The summed E-state index contributed by atoms with van der Waals surface area (Å²) in [5, 5.41) is 5.25. The van der Waals surface area contributed by atoms with Gasteiger partial charge < -0.3 is 10.1 Å². The number of imide groups is 1. The molecule has 1 atom stereocenters. The number of carbonyl (C=O) groups excluding carboxylic acids is 2. The van der Waals surface area contributed by atoms with Crippen molar-refractivity contribution in [3.63, 3.8) is 0 Å². The van der Waals surface area contributed by atoms with Crippen LogP contribution in [0.3, 0.4) is 0 Å². The molecule has 0 bridgehead atoms. The molecule has 2 saturated heterocycles. The van der Waals surface area contributed by atoms with Crippen LogP contribution in [0.5, 0.6) is 5.75 Å². The molecule has 39 heavy (non-hydrogen) atoms. The molecule has 1 aromatic carbocycles. The van der Waals surface area contributed by atoms with E-state index in [1.165, 1.54) is 24.4 Å². The van der Waals surface area contributed by atoms with Crippen LogP contribution in [0, 0.1) is 11.7 Å². The van der Waals surface area contributed by atoms with Crippen LogP contribution in [0.1, 0.15) is 36.0 Å². The zero-order valence-electron chi connectivity index (χ0n) is 20.9. The lowest BCUT2D eigenvalue weighted by Crippen LogP contribution is -2.49. The Morgan fingerprint density at radius 2 is 1.82 bits per heavy atom. The Morgan fingerprint density at radius 1 is 1.08 bits per heavy atom. The Labute approximate surface area is 220 Å². The van der Waals surface area contributed by atoms with Crippen LogP contribution in [0.2, 0.25) is 0 Å². The number of aromatic nitrogens is 1. The van der Waals surface area contributed by atoms with E-state index in [-0.39, 0.29) is 42.4 Å². The molecule has 13 heteroatoms. The maximum Gasteiger partial charge on any atom is 0.454 e. The fraction of sp³-hybridized carbons (Fsp3) is 0.500. The lowest BCUT2D eigenvalue weighted by Gasteiger charge is -2.34. The minimum absolute atomic E-state index is 0.00396. The number of pyridine rings is 1. The molecule has 2 N–H and O–H groups in total. The van der Waals surface area contributed by atoms with Crippen LogP contribution in [-0.2, 0) is 4.79 Å². The minimum Gasteiger partial charge on any atom is -0.492 e. The average molecular weight is 559 g/mol. The van der Waals surface area contributed by atoms with Gasteiger partial charge in [0.05, 0.1) is 31.1 Å². The van der Waals surface area contributed by atoms with Crippen LogP contribution in [0.4, 0.5) is 26.3 Å². The maximum absolute atomic E-state index is 14.8. The SMILES string of the molecule is O=C(NC(=O)[C@@H]1CCCN1)c1ccc(-c2ccc(OCC3CCN(CC(F)(F)C(F)(F)F)CC3)cn2)c(F)c1. The number of nitrogens with one attached hydrogen (secondary N) is 2. The number of amides is 2. The highest BCUT2D eigenvalue weighted by Crippen LogP contribution is 2.36. The van der Waals surface area contributed by atoms with Crippen molar-refractivity contribution in [2.24, 2.45) is 5.92 Å². The summed E-state index contributed by atoms with van der Waals surface area (Å²) >= 11 is 0. The van der Waals surface area contributed by atoms with Crippen LogP contribution in [-0.4, -0.2) is 72.6 Å². The maximum atomic E-state index is 14.8. The van der Waals surface area contributed by atoms with E-state index in [0.717, 1.165) is 17.4 Å². The summed E-state index contributed by atoms with van der Waals surface area (Å²) in [6.45, 7) is -0.207. The van der Waals surface area contributed by atoms with Crippen molar-refractivity contribution in [2.45, 2.75) is 43.8 Å². The number of benzene rings is 1. The van der Waals surface area contributed by atoms with Crippen molar-refractivity contribution in [1.29, 1.82) is 0 Å². The molecule has 0 saturated carbocycles. The summed E-state index contributed by atoms with van der Waals surface area (Å²) in [6.07, 6.45) is -1.89. The summed E-state index contributed by atoms with van der Waals surface area (Å²) in [7, 11) is 0. The van der Waals surface area contributed by atoms with E-state index in [9.17, 15) is 35.9 Å². The van der Waals surface area contributed by atoms with Gasteiger partial charge in [-0.2, -0.15) is 22.0 Å². The van der Waals surface area contributed by atoms with E-state index in [1.807, 2.05) is 0 Å². The first-order chi connectivity index (χ1) is 18.4. The van der Waals surface area contributed by atoms with Crippen molar-refractivity contribution < 1.29 is 40.7 Å². The summed E-state index contributed by atoms with van der Waals surface area (Å²) in [5.74, 6) is -6.23. The molecule has 3 heterocycles. The average Bonchev–Trinajstić information content (AvgIpc) is 3.43. The number of piperidine rings is 1. The van der Waals surface area contributed by atoms with E-state index in [0.29, 0.717) is 31.6 Å². The molecule has 1 aromatic heterocycles. The molecule has 2 fully saturated rings. The molecule has 2 amide bonds. The summed E-state index contributed by atoms with van der Waals surface area (Å²) in [6, 6.07) is 6.49. The zero-order chi connectivity index (χ0) is 28.2. The number of rotatable bonds is 8. The Bertz CT molecular complexity index is 1160. The summed E-state index contributed by atoms with van der Waals surface area (Å²) < 4.78 is 84.2. The van der Waals surface area contributed by atoms with Crippen molar-refractivity contribution in [3.05, 3.63) is 47.9 Å².